The number of nitrogens with one attached hydrogen (secondary N) is 1. The van der Waals surface area contributed by atoms with E-state index in [1.54, 1.807) is 16.8 Å². The van der Waals surface area contributed by atoms with Crippen LogP contribution in [0.15, 0.2) is 54.6 Å². The molecule has 4 rings (SSSR count). The maximum Gasteiger partial charge on any atom is 0.416 e. The molecule has 0 unspecified atom stereocenters. The molecule has 0 saturated carbocycles. The summed E-state index contributed by atoms with van der Waals surface area (Å²) >= 11 is 0. The molecule has 184 valence electrons. The fourth-order valence-corrected chi connectivity index (χ4v) is 4.12. The topological polar surface area (TPSA) is 59.4 Å². The largest absolute Gasteiger partial charge is 0.416 e. The summed E-state index contributed by atoms with van der Waals surface area (Å²) < 4.78 is 48.3. The van der Waals surface area contributed by atoms with Gasteiger partial charge in [0, 0.05) is 42.7 Å². The zero-order chi connectivity index (χ0) is 25.0. The third kappa shape index (κ3) is 5.74. The molecule has 2 heterocycles. The van der Waals surface area contributed by atoms with Crippen LogP contribution in [0.25, 0.3) is 11.8 Å². The van der Waals surface area contributed by atoms with Crippen LogP contribution in [0.3, 0.4) is 0 Å². The Bertz CT molecular complexity index is 1210. The minimum absolute atomic E-state index is 0.0144. The van der Waals surface area contributed by atoms with E-state index in [0.29, 0.717) is 32.0 Å². The van der Waals surface area contributed by atoms with Gasteiger partial charge in [-0.3, -0.25) is 4.79 Å². The van der Waals surface area contributed by atoms with E-state index in [1.165, 1.54) is 12.1 Å². The van der Waals surface area contributed by atoms with Gasteiger partial charge in [-0.1, -0.05) is 24.3 Å². The van der Waals surface area contributed by atoms with Crippen molar-refractivity contribution >= 4 is 17.7 Å². The second-order valence-corrected chi connectivity index (χ2v) is 8.32. The Labute approximate surface area is 202 Å². The molecule has 0 radical (unpaired) electrons. The number of carbonyl (C=O) groups is 1. The maximum atomic E-state index is 13.7. The van der Waals surface area contributed by atoms with E-state index in [0.717, 1.165) is 28.7 Å². The first-order valence-electron chi connectivity index (χ1n) is 11.3. The number of hydrogen-bond acceptors (Lipinski definition) is 4. The smallest absolute Gasteiger partial charge is 0.378 e. The number of morpholine rings is 1. The highest BCUT2D eigenvalue weighted by Gasteiger charge is 2.34. The summed E-state index contributed by atoms with van der Waals surface area (Å²) in [6.07, 6.45) is -1.57. The standard InChI is InChI=1S/C26H27F3N4O2/c1-18-23(19(2)33(31-18)21-6-4-3-5-7-21)10-11-25(34)30-17-20-8-9-22(16-24(20)26(27,28)29)32-12-14-35-15-13-32/h3-11,16H,12-15,17H2,1-2H3,(H,30,34)/b11-10+. The number of hydrogen-bond donors (Lipinski definition) is 1. The fraction of sp³-hybridized carbons (Fsp3) is 0.308. The molecule has 1 fully saturated rings. The lowest BCUT2D eigenvalue weighted by Crippen LogP contribution is -2.36. The first-order valence-corrected chi connectivity index (χ1v) is 11.3. The van der Waals surface area contributed by atoms with Crippen LogP contribution in [0.5, 0.6) is 0 Å². The number of benzene rings is 2. The summed E-state index contributed by atoms with van der Waals surface area (Å²) in [7, 11) is 0. The van der Waals surface area contributed by atoms with Gasteiger partial charge in [-0.15, -0.1) is 0 Å². The number of halogens is 3. The summed E-state index contributed by atoms with van der Waals surface area (Å²) in [5, 5.41) is 7.11. The minimum atomic E-state index is -4.53. The molecule has 0 spiro atoms. The zero-order valence-electron chi connectivity index (χ0n) is 19.6. The molecular weight excluding hydrogens is 457 g/mol. The molecule has 3 aromatic rings. The van der Waals surface area contributed by atoms with Gasteiger partial charge < -0.3 is 15.0 Å². The lowest BCUT2D eigenvalue weighted by molar-refractivity contribution is -0.138. The average Bonchev–Trinajstić information content (AvgIpc) is 3.14. The number of nitrogens with zero attached hydrogens (tertiary/aromatic N) is 3. The van der Waals surface area contributed by atoms with E-state index >= 15 is 0 Å². The molecule has 9 heteroatoms. The predicted molar refractivity (Wildman–Crippen MR) is 128 cm³/mol. The highest BCUT2D eigenvalue weighted by atomic mass is 19.4. The van der Waals surface area contributed by atoms with Crippen LogP contribution in [0.2, 0.25) is 0 Å². The summed E-state index contributed by atoms with van der Waals surface area (Å²) in [5.74, 6) is -0.485. The number of para-hydroxylation sites is 1. The van der Waals surface area contributed by atoms with Crippen molar-refractivity contribution in [2.24, 2.45) is 0 Å². The van der Waals surface area contributed by atoms with Gasteiger partial charge in [0.05, 0.1) is 30.2 Å². The number of rotatable bonds is 6. The molecule has 1 aliphatic heterocycles. The number of carbonyl (C=O) groups excluding carboxylic acids is 1. The van der Waals surface area contributed by atoms with Gasteiger partial charge >= 0.3 is 6.18 Å². The predicted octanol–water partition coefficient (Wildman–Crippen LogP) is 4.67. The molecule has 35 heavy (non-hydrogen) atoms. The first-order chi connectivity index (χ1) is 16.7. The molecule has 6 nitrogen and oxygen atoms in total. The van der Waals surface area contributed by atoms with E-state index < -0.39 is 17.6 Å². The van der Waals surface area contributed by atoms with Crippen LogP contribution in [0.1, 0.15) is 28.1 Å². The Morgan fingerprint density at radius 3 is 2.49 bits per heavy atom. The van der Waals surface area contributed by atoms with Crippen LogP contribution in [-0.2, 0) is 22.3 Å². The SMILES string of the molecule is Cc1nn(-c2ccccc2)c(C)c1/C=C/C(=O)NCc1ccc(N2CCOCC2)cc1C(F)(F)F. The first kappa shape index (κ1) is 24.5. The summed E-state index contributed by atoms with van der Waals surface area (Å²) in [6.45, 7) is 5.55. The maximum absolute atomic E-state index is 13.7. The quantitative estimate of drug-likeness (QED) is 0.517. The van der Waals surface area contributed by atoms with Crippen molar-refractivity contribution in [1.82, 2.24) is 15.1 Å². The number of alkyl halides is 3. The zero-order valence-corrected chi connectivity index (χ0v) is 19.6. The number of ether oxygens (including phenoxy) is 1. The van der Waals surface area contributed by atoms with E-state index in [1.807, 2.05) is 49.1 Å². The van der Waals surface area contributed by atoms with Crippen molar-refractivity contribution in [3.8, 4) is 5.69 Å². The molecule has 0 atom stereocenters. The normalized spacial score (nSPS) is 14.5. The lowest BCUT2D eigenvalue weighted by atomic mass is 10.0. The molecule has 1 aromatic heterocycles. The van der Waals surface area contributed by atoms with E-state index in [9.17, 15) is 18.0 Å². The summed E-state index contributed by atoms with van der Waals surface area (Å²) in [4.78, 5) is 14.3. The Hall–Kier alpha value is -3.59. The van der Waals surface area contributed by atoms with Crippen LogP contribution < -0.4 is 10.2 Å². The van der Waals surface area contributed by atoms with Crippen molar-refractivity contribution in [1.29, 1.82) is 0 Å². The molecular formula is C26H27F3N4O2. The molecule has 1 saturated heterocycles. The van der Waals surface area contributed by atoms with Crippen molar-refractivity contribution in [3.63, 3.8) is 0 Å². The van der Waals surface area contributed by atoms with Crippen molar-refractivity contribution in [2.45, 2.75) is 26.6 Å². The van der Waals surface area contributed by atoms with E-state index in [-0.39, 0.29) is 12.1 Å². The third-order valence-electron chi connectivity index (χ3n) is 5.98. The number of anilines is 1. The monoisotopic (exact) mass is 484 g/mol. The second kappa shape index (κ2) is 10.4. The second-order valence-electron chi connectivity index (χ2n) is 8.32. The molecule has 2 aromatic carbocycles. The molecule has 0 bridgehead atoms. The van der Waals surface area contributed by atoms with Gasteiger partial charge in [-0.25, -0.2) is 4.68 Å². The van der Waals surface area contributed by atoms with Gasteiger partial charge in [-0.05, 0) is 49.8 Å². The Morgan fingerprint density at radius 2 is 1.80 bits per heavy atom. The van der Waals surface area contributed by atoms with Crippen molar-refractivity contribution < 1.29 is 22.7 Å². The van der Waals surface area contributed by atoms with Crippen LogP contribution in [0, 0.1) is 13.8 Å². The molecule has 1 N–H and O–H groups in total. The van der Waals surface area contributed by atoms with E-state index in [4.69, 9.17) is 4.74 Å². The minimum Gasteiger partial charge on any atom is -0.378 e. The number of aromatic nitrogens is 2. The Balaban J connectivity index is 1.46. The van der Waals surface area contributed by atoms with Gasteiger partial charge in [0.1, 0.15) is 0 Å². The Morgan fingerprint density at radius 1 is 1.09 bits per heavy atom. The highest BCUT2D eigenvalue weighted by Crippen LogP contribution is 2.35. The summed E-state index contributed by atoms with van der Waals surface area (Å²) in [6, 6.07) is 13.8. The van der Waals surface area contributed by atoms with Crippen LogP contribution in [0.4, 0.5) is 18.9 Å². The highest BCUT2D eigenvalue weighted by molar-refractivity contribution is 5.92. The van der Waals surface area contributed by atoms with Gasteiger partial charge in [-0.2, -0.15) is 18.3 Å². The summed E-state index contributed by atoms with van der Waals surface area (Å²) in [5.41, 5.74) is 3.05. The number of amides is 1. The molecule has 1 aliphatic rings. The lowest BCUT2D eigenvalue weighted by Gasteiger charge is -2.29. The van der Waals surface area contributed by atoms with Crippen molar-refractivity contribution in [2.75, 3.05) is 31.2 Å². The number of aryl methyl sites for hydroxylation is 1. The third-order valence-corrected chi connectivity index (χ3v) is 5.98. The van der Waals surface area contributed by atoms with Gasteiger partial charge in [0.15, 0.2) is 0 Å². The fourth-order valence-electron chi connectivity index (χ4n) is 4.12. The van der Waals surface area contributed by atoms with Crippen LogP contribution in [-0.4, -0.2) is 42.0 Å². The van der Waals surface area contributed by atoms with Crippen LogP contribution >= 0.6 is 0 Å². The molecule has 0 aliphatic carbocycles. The van der Waals surface area contributed by atoms with Gasteiger partial charge in [0.25, 0.3) is 0 Å². The Kier molecular flexibility index (Phi) is 7.25. The van der Waals surface area contributed by atoms with Crippen molar-refractivity contribution in [3.05, 3.63) is 82.7 Å². The van der Waals surface area contributed by atoms with E-state index in [2.05, 4.69) is 10.4 Å². The van der Waals surface area contributed by atoms with Gasteiger partial charge in [0.2, 0.25) is 5.91 Å². The molecule has 1 amide bonds. The average molecular weight is 485 g/mol.